The van der Waals surface area contributed by atoms with Crippen molar-refractivity contribution in [1.29, 1.82) is 0 Å². The molecule has 0 unspecified atom stereocenters. The second-order valence-electron chi connectivity index (χ2n) is 2.96. The maximum Gasteiger partial charge on any atom is 0.169 e. The first-order valence-electron chi connectivity index (χ1n) is 4.71. The Morgan fingerprint density at radius 3 is 2.93 bits per heavy atom. The number of methoxy groups -OCH3 is 1. The van der Waals surface area contributed by atoms with Crippen LogP contribution in [0.15, 0.2) is 18.2 Å². The van der Waals surface area contributed by atoms with Gasteiger partial charge in [-0.2, -0.15) is 0 Å². The molecule has 0 bridgehead atoms. The van der Waals surface area contributed by atoms with E-state index in [1.54, 1.807) is 25.1 Å². The van der Waals surface area contributed by atoms with Gasteiger partial charge in [-0.1, -0.05) is 18.1 Å². The third-order valence-corrected chi connectivity index (χ3v) is 1.97. The van der Waals surface area contributed by atoms with Gasteiger partial charge in [-0.15, -0.1) is 5.92 Å². The molecule has 0 saturated heterocycles. The van der Waals surface area contributed by atoms with E-state index in [1.807, 2.05) is 0 Å². The Morgan fingerprint density at radius 2 is 2.27 bits per heavy atom. The predicted octanol–water partition coefficient (Wildman–Crippen LogP) is 1.95. The number of nitrogens with one attached hydrogen (secondary N) is 1. The molecular weight excluding hydrogens is 193 g/mol. The molecule has 1 aromatic rings. The molecule has 1 aromatic carbocycles. The van der Waals surface area contributed by atoms with Crippen LogP contribution in [0.25, 0.3) is 0 Å². The van der Waals surface area contributed by atoms with Crippen molar-refractivity contribution in [2.45, 2.75) is 13.5 Å². The van der Waals surface area contributed by atoms with Gasteiger partial charge >= 0.3 is 0 Å². The molecule has 0 aliphatic heterocycles. The first-order valence-corrected chi connectivity index (χ1v) is 4.71. The normalized spacial score (nSPS) is 9.27. The molecule has 0 heterocycles. The van der Waals surface area contributed by atoms with Gasteiger partial charge in [-0.25, -0.2) is 4.39 Å². The van der Waals surface area contributed by atoms with Crippen LogP contribution in [0.2, 0.25) is 0 Å². The zero-order valence-corrected chi connectivity index (χ0v) is 8.93. The lowest BCUT2D eigenvalue weighted by molar-refractivity contribution is 0.383. The summed E-state index contributed by atoms with van der Waals surface area (Å²) in [5.74, 6) is 5.58. The van der Waals surface area contributed by atoms with E-state index in [0.717, 1.165) is 0 Å². The average molecular weight is 207 g/mol. The van der Waals surface area contributed by atoms with Gasteiger partial charge in [0.15, 0.2) is 11.6 Å². The van der Waals surface area contributed by atoms with E-state index in [1.165, 1.54) is 7.11 Å². The van der Waals surface area contributed by atoms with Gasteiger partial charge in [0.1, 0.15) is 0 Å². The highest BCUT2D eigenvalue weighted by atomic mass is 19.1. The van der Waals surface area contributed by atoms with Crippen molar-refractivity contribution in [3.8, 4) is 17.6 Å². The Hall–Kier alpha value is -1.53. The number of halogens is 1. The predicted molar refractivity (Wildman–Crippen MR) is 58.1 cm³/mol. The minimum absolute atomic E-state index is 0.274. The molecule has 0 radical (unpaired) electrons. The third-order valence-electron chi connectivity index (χ3n) is 1.97. The molecule has 80 valence electrons. The van der Waals surface area contributed by atoms with Crippen molar-refractivity contribution in [2.75, 3.05) is 13.7 Å². The van der Waals surface area contributed by atoms with Gasteiger partial charge in [0, 0.05) is 12.1 Å². The Morgan fingerprint density at radius 1 is 1.47 bits per heavy atom. The standard InChI is InChI=1S/C12H14FNO/c1-3-4-8-14-9-10-6-5-7-11(15-2)12(10)13/h5-7,14H,8-9H2,1-2H3. The van der Waals surface area contributed by atoms with Crippen LogP contribution in [0.5, 0.6) is 5.75 Å². The van der Waals surface area contributed by atoms with Crippen LogP contribution in [0.1, 0.15) is 12.5 Å². The lowest BCUT2D eigenvalue weighted by atomic mass is 10.2. The summed E-state index contributed by atoms with van der Waals surface area (Å²) in [6, 6.07) is 5.10. The summed E-state index contributed by atoms with van der Waals surface area (Å²) in [7, 11) is 1.46. The van der Waals surface area contributed by atoms with Crippen LogP contribution >= 0.6 is 0 Å². The van der Waals surface area contributed by atoms with Crippen molar-refractivity contribution < 1.29 is 9.13 Å². The van der Waals surface area contributed by atoms with Gasteiger partial charge < -0.3 is 10.1 Å². The van der Waals surface area contributed by atoms with Crippen molar-refractivity contribution >= 4 is 0 Å². The number of rotatable bonds is 4. The molecule has 1 rings (SSSR count). The largest absolute Gasteiger partial charge is 0.494 e. The van der Waals surface area contributed by atoms with Gasteiger partial charge in [0.2, 0.25) is 0 Å². The van der Waals surface area contributed by atoms with Crippen LogP contribution in [0, 0.1) is 17.7 Å². The topological polar surface area (TPSA) is 21.3 Å². The minimum atomic E-state index is -0.308. The van der Waals surface area contributed by atoms with Crippen LogP contribution in [0.3, 0.4) is 0 Å². The van der Waals surface area contributed by atoms with Gasteiger partial charge in [0.05, 0.1) is 13.7 Å². The molecule has 0 aliphatic carbocycles. The van der Waals surface area contributed by atoms with E-state index in [-0.39, 0.29) is 11.6 Å². The highest BCUT2D eigenvalue weighted by Crippen LogP contribution is 2.19. The smallest absolute Gasteiger partial charge is 0.169 e. The first-order chi connectivity index (χ1) is 7.29. The Labute approximate surface area is 89.4 Å². The molecule has 0 amide bonds. The summed E-state index contributed by atoms with van der Waals surface area (Å²) in [4.78, 5) is 0. The quantitative estimate of drug-likeness (QED) is 0.602. The summed E-state index contributed by atoms with van der Waals surface area (Å²) in [6.07, 6.45) is 0. The number of hydrogen-bond donors (Lipinski definition) is 1. The molecule has 0 aromatic heterocycles. The first kappa shape index (κ1) is 11.5. The van der Waals surface area contributed by atoms with Crippen LogP contribution < -0.4 is 10.1 Å². The number of ether oxygens (including phenoxy) is 1. The second-order valence-corrected chi connectivity index (χ2v) is 2.96. The zero-order chi connectivity index (χ0) is 11.1. The molecule has 0 aliphatic rings. The van der Waals surface area contributed by atoms with Crippen LogP contribution in [-0.4, -0.2) is 13.7 Å². The number of benzene rings is 1. The fourth-order valence-electron chi connectivity index (χ4n) is 1.20. The molecule has 0 spiro atoms. The third kappa shape index (κ3) is 3.26. The van der Waals surface area contributed by atoms with Gasteiger partial charge in [0.25, 0.3) is 0 Å². The molecule has 15 heavy (non-hydrogen) atoms. The van der Waals surface area contributed by atoms with E-state index in [2.05, 4.69) is 17.2 Å². The van der Waals surface area contributed by atoms with E-state index < -0.39 is 0 Å². The summed E-state index contributed by atoms with van der Waals surface area (Å²) in [6.45, 7) is 2.79. The van der Waals surface area contributed by atoms with Crippen molar-refractivity contribution in [3.05, 3.63) is 29.6 Å². The maximum absolute atomic E-state index is 13.6. The highest BCUT2D eigenvalue weighted by molar-refractivity contribution is 5.30. The Kier molecular flexibility index (Phi) is 4.65. The zero-order valence-electron chi connectivity index (χ0n) is 8.93. The van der Waals surface area contributed by atoms with Crippen molar-refractivity contribution in [3.63, 3.8) is 0 Å². The molecule has 0 atom stereocenters. The molecular formula is C12H14FNO. The minimum Gasteiger partial charge on any atom is -0.494 e. The SMILES string of the molecule is CC#CCNCc1cccc(OC)c1F. The Bertz CT molecular complexity index is 379. The lowest BCUT2D eigenvalue weighted by Gasteiger charge is -2.06. The van der Waals surface area contributed by atoms with Gasteiger partial charge in [-0.3, -0.25) is 0 Å². The molecule has 3 heteroatoms. The maximum atomic E-state index is 13.6. The summed E-state index contributed by atoms with van der Waals surface area (Å²) in [5, 5.41) is 3.03. The fraction of sp³-hybridized carbons (Fsp3) is 0.333. The number of hydrogen-bond acceptors (Lipinski definition) is 2. The lowest BCUT2D eigenvalue weighted by Crippen LogP contribution is -2.14. The summed E-state index contributed by atoms with van der Waals surface area (Å²) in [5.41, 5.74) is 0.590. The Balaban J connectivity index is 2.63. The van der Waals surface area contributed by atoms with Gasteiger partial charge in [-0.05, 0) is 13.0 Å². The van der Waals surface area contributed by atoms with Crippen molar-refractivity contribution in [1.82, 2.24) is 5.32 Å². The van der Waals surface area contributed by atoms with E-state index in [0.29, 0.717) is 18.7 Å². The van der Waals surface area contributed by atoms with Crippen molar-refractivity contribution in [2.24, 2.45) is 0 Å². The van der Waals surface area contributed by atoms with E-state index >= 15 is 0 Å². The molecule has 1 N–H and O–H groups in total. The van der Waals surface area contributed by atoms with E-state index in [9.17, 15) is 4.39 Å². The second kappa shape index (κ2) is 6.05. The summed E-state index contributed by atoms with van der Waals surface area (Å²) >= 11 is 0. The van der Waals surface area contributed by atoms with Crippen LogP contribution in [-0.2, 0) is 6.54 Å². The molecule has 0 saturated carbocycles. The van der Waals surface area contributed by atoms with Crippen LogP contribution in [0.4, 0.5) is 4.39 Å². The monoisotopic (exact) mass is 207 g/mol. The summed E-state index contributed by atoms with van der Waals surface area (Å²) < 4.78 is 18.5. The molecule has 2 nitrogen and oxygen atoms in total. The average Bonchev–Trinajstić information content (AvgIpc) is 2.26. The van der Waals surface area contributed by atoms with E-state index in [4.69, 9.17) is 4.74 Å². The highest BCUT2D eigenvalue weighted by Gasteiger charge is 2.06. The fourth-order valence-corrected chi connectivity index (χ4v) is 1.20. The molecule has 0 fully saturated rings.